The molecular formula is C13H11F5N2O. The van der Waals surface area contributed by atoms with Gasteiger partial charge in [0.15, 0.2) is 23.3 Å². The van der Waals surface area contributed by atoms with Crippen LogP contribution >= 0.6 is 0 Å². The Morgan fingerprint density at radius 3 is 1.86 bits per heavy atom. The summed E-state index contributed by atoms with van der Waals surface area (Å²) in [5.41, 5.74) is -1.52. The maximum absolute atomic E-state index is 13.6. The van der Waals surface area contributed by atoms with Crippen LogP contribution in [0.15, 0.2) is 0 Å². The van der Waals surface area contributed by atoms with Gasteiger partial charge in [0.2, 0.25) is 5.82 Å². The molecule has 3 nitrogen and oxygen atoms in total. The molecule has 0 unspecified atom stereocenters. The number of hydrogen-bond donors (Lipinski definition) is 0. The van der Waals surface area contributed by atoms with Crippen molar-refractivity contribution in [2.24, 2.45) is 0 Å². The van der Waals surface area contributed by atoms with Crippen molar-refractivity contribution in [3.8, 4) is 6.07 Å². The van der Waals surface area contributed by atoms with E-state index >= 15 is 0 Å². The predicted octanol–water partition coefficient (Wildman–Crippen LogP) is 3.15. The number of nitrogens with zero attached hydrogens (tertiary/aromatic N) is 2. The molecule has 1 rings (SSSR count). The fourth-order valence-corrected chi connectivity index (χ4v) is 1.70. The fourth-order valence-electron chi connectivity index (χ4n) is 1.70. The summed E-state index contributed by atoms with van der Waals surface area (Å²) >= 11 is 0. The van der Waals surface area contributed by atoms with E-state index in [4.69, 9.17) is 5.26 Å². The lowest BCUT2D eigenvalue weighted by Crippen LogP contribution is -2.39. The van der Waals surface area contributed by atoms with Crippen LogP contribution in [0.2, 0.25) is 0 Å². The molecule has 21 heavy (non-hydrogen) atoms. The van der Waals surface area contributed by atoms with E-state index in [0.717, 1.165) is 4.90 Å². The summed E-state index contributed by atoms with van der Waals surface area (Å²) in [4.78, 5) is 12.9. The van der Waals surface area contributed by atoms with Crippen LogP contribution in [-0.2, 0) is 0 Å². The molecule has 0 aliphatic carbocycles. The van der Waals surface area contributed by atoms with Gasteiger partial charge in [-0.15, -0.1) is 0 Å². The van der Waals surface area contributed by atoms with Crippen LogP contribution in [0.3, 0.4) is 0 Å². The molecular weight excluding hydrogens is 295 g/mol. The molecule has 0 fully saturated rings. The third-order valence-corrected chi connectivity index (χ3v) is 2.77. The second kappa shape index (κ2) is 6.52. The van der Waals surface area contributed by atoms with Crippen LogP contribution in [0.4, 0.5) is 22.0 Å². The first-order valence-corrected chi connectivity index (χ1v) is 5.93. The van der Waals surface area contributed by atoms with Crippen molar-refractivity contribution in [1.29, 1.82) is 5.26 Å². The molecule has 8 heteroatoms. The topological polar surface area (TPSA) is 44.1 Å². The van der Waals surface area contributed by atoms with Crippen LogP contribution in [0.5, 0.6) is 0 Å². The van der Waals surface area contributed by atoms with Gasteiger partial charge in [0, 0.05) is 12.6 Å². The van der Waals surface area contributed by atoms with E-state index in [9.17, 15) is 26.7 Å². The lowest BCUT2D eigenvalue weighted by Gasteiger charge is -2.26. The third-order valence-electron chi connectivity index (χ3n) is 2.77. The Morgan fingerprint density at radius 2 is 1.48 bits per heavy atom. The van der Waals surface area contributed by atoms with Crippen LogP contribution in [-0.4, -0.2) is 23.4 Å². The van der Waals surface area contributed by atoms with E-state index in [2.05, 4.69) is 0 Å². The van der Waals surface area contributed by atoms with E-state index in [1.165, 1.54) is 13.8 Å². The van der Waals surface area contributed by atoms with Crippen LogP contribution in [0.1, 0.15) is 30.6 Å². The Morgan fingerprint density at radius 1 is 1.05 bits per heavy atom. The number of benzene rings is 1. The zero-order valence-corrected chi connectivity index (χ0v) is 11.2. The molecule has 0 spiro atoms. The first-order chi connectivity index (χ1) is 9.73. The molecule has 0 saturated heterocycles. The van der Waals surface area contributed by atoms with Gasteiger partial charge in [0.05, 0.1) is 12.5 Å². The SMILES string of the molecule is CC(C)N(CCC#N)C(=O)c1c(F)c(F)c(F)c(F)c1F. The van der Waals surface area contributed by atoms with E-state index in [-0.39, 0.29) is 13.0 Å². The number of hydrogen-bond acceptors (Lipinski definition) is 2. The Hall–Kier alpha value is -2.17. The molecule has 1 amide bonds. The highest BCUT2D eigenvalue weighted by molar-refractivity contribution is 5.95. The minimum absolute atomic E-state index is 0.140. The zero-order chi connectivity index (χ0) is 16.3. The van der Waals surface area contributed by atoms with Crippen molar-refractivity contribution in [1.82, 2.24) is 4.90 Å². The summed E-state index contributed by atoms with van der Waals surface area (Å²) in [6.07, 6.45) is -0.140. The fraction of sp³-hybridized carbons (Fsp3) is 0.385. The summed E-state index contributed by atoms with van der Waals surface area (Å²) < 4.78 is 66.2. The maximum Gasteiger partial charge on any atom is 0.260 e. The molecule has 0 aliphatic rings. The van der Waals surface area contributed by atoms with Crippen molar-refractivity contribution in [2.45, 2.75) is 26.3 Å². The Bertz CT molecular complexity index is 581. The quantitative estimate of drug-likeness (QED) is 0.487. The van der Waals surface area contributed by atoms with Crippen molar-refractivity contribution in [3.63, 3.8) is 0 Å². The summed E-state index contributed by atoms with van der Waals surface area (Å²) in [6.45, 7) is 2.79. The van der Waals surface area contributed by atoms with Crippen molar-refractivity contribution in [3.05, 3.63) is 34.6 Å². The minimum atomic E-state index is -2.32. The van der Waals surface area contributed by atoms with E-state index in [1.807, 2.05) is 0 Å². The van der Waals surface area contributed by atoms with Gasteiger partial charge in [-0.25, -0.2) is 22.0 Å². The highest BCUT2D eigenvalue weighted by Gasteiger charge is 2.32. The molecule has 0 atom stereocenters. The van der Waals surface area contributed by atoms with Gasteiger partial charge in [-0.2, -0.15) is 5.26 Å². The molecule has 0 aromatic heterocycles. The number of carbonyl (C=O) groups excluding carboxylic acids is 1. The van der Waals surface area contributed by atoms with Gasteiger partial charge in [-0.1, -0.05) is 0 Å². The largest absolute Gasteiger partial charge is 0.335 e. The summed E-state index contributed by atoms with van der Waals surface area (Å²) in [7, 11) is 0. The van der Waals surface area contributed by atoms with Crippen molar-refractivity contribution >= 4 is 5.91 Å². The predicted molar refractivity (Wildman–Crippen MR) is 62.6 cm³/mol. The third kappa shape index (κ3) is 3.12. The van der Waals surface area contributed by atoms with Crippen molar-refractivity contribution in [2.75, 3.05) is 6.54 Å². The minimum Gasteiger partial charge on any atom is -0.335 e. The molecule has 0 saturated carbocycles. The highest BCUT2D eigenvalue weighted by atomic mass is 19.2. The zero-order valence-electron chi connectivity index (χ0n) is 11.2. The monoisotopic (exact) mass is 306 g/mol. The van der Waals surface area contributed by atoms with Crippen molar-refractivity contribution < 1.29 is 26.7 Å². The number of nitriles is 1. The normalized spacial score (nSPS) is 10.6. The first kappa shape index (κ1) is 16.9. The van der Waals surface area contributed by atoms with Gasteiger partial charge < -0.3 is 4.90 Å². The lowest BCUT2D eigenvalue weighted by atomic mass is 10.1. The Kier molecular flexibility index (Phi) is 5.24. The Balaban J connectivity index is 3.39. The Labute approximate surface area is 117 Å². The van der Waals surface area contributed by atoms with Gasteiger partial charge in [-0.3, -0.25) is 4.79 Å². The second-order valence-corrected chi connectivity index (χ2v) is 4.45. The number of rotatable bonds is 4. The molecule has 0 radical (unpaired) electrons. The van der Waals surface area contributed by atoms with Gasteiger partial charge in [-0.05, 0) is 13.8 Å². The van der Waals surface area contributed by atoms with Gasteiger partial charge in [0.1, 0.15) is 5.56 Å². The molecule has 1 aromatic carbocycles. The van der Waals surface area contributed by atoms with Gasteiger partial charge >= 0.3 is 0 Å². The molecule has 0 N–H and O–H groups in total. The summed E-state index contributed by atoms with van der Waals surface area (Å²) in [6, 6.07) is 1.15. The molecule has 114 valence electrons. The molecule has 0 bridgehead atoms. The highest BCUT2D eigenvalue weighted by Crippen LogP contribution is 2.24. The summed E-state index contributed by atoms with van der Waals surface area (Å²) in [5.74, 6) is -12.4. The summed E-state index contributed by atoms with van der Waals surface area (Å²) in [5, 5.41) is 8.48. The van der Waals surface area contributed by atoms with Crippen LogP contribution in [0, 0.1) is 40.4 Å². The maximum atomic E-state index is 13.6. The van der Waals surface area contributed by atoms with E-state index in [0.29, 0.717) is 0 Å². The molecule has 0 heterocycles. The average Bonchev–Trinajstić information content (AvgIpc) is 2.43. The second-order valence-electron chi connectivity index (χ2n) is 4.45. The van der Waals surface area contributed by atoms with E-state index in [1.54, 1.807) is 6.07 Å². The first-order valence-electron chi connectivity index (χ1n) is 5.93. The number of halogens is 5. The average molecular weight is 306 g/mol. The van der Waals surface area contributed by atoms with E-state index < -0.39 is 46.6 Å². The smallest absolute Gasteiger partial charge is 0.260 e. The standard InChI is InChI=1S/C13H11F5N2O/c1-6(2)20(5-3-4-19)13(21)7-8(14)10(16)12(18)11(17)9(7)15/h6H,3,5H2,1-2H3. The van der Waals surface area contributed by atoms with Gasteiger partial charge in [0.25, 0.3) is 5.91 Å². The number of amides is 1. The number of carbonyl (C=O) groups is 1. The lowest BCUT2D eigenvalue weighted by molar-refractivity contribution is 0.0696. The van der Waals surface area contributed by atoms with Crippen LogP contribution < -0.4 is 0 Å². The molecule has 0 aliphatic heterocycles. The van der Waals surface area contributed by atoms with Crippen LogP contribution in [0.25, 0.3) is 0 Å². The molecule has 1 aromatic rings.